The third-order valence-corrected chi connectivity index (χ3v) is 2.07. The van der Waals surface area contributed by atoms with E-state index in [2.05, 4.69) is 18.8 Å². The summed E-state index contributed by atoms with van der Waals surface area (Å²) in [6, 6.07) is 1.07. The van der Waals surface area contributed by atoms with Crippen LogP contribution in [0.15, 0.2) is 4.99 Å². The highest BCUT2D eigenvalue weighted by molar-refractivity contribution is 6.27. The van der Waals surface area contributed by atoms with E-state index in [-0.39, 0.29) is 0 Å². The van der Waals surface area contributed by atoms with Crippen LogP contribution < -0.4 is 0 Å². The maximum absolute atomic E-state index is 4.94. The molecular weight excluding hydrogens is 154 g/mol. The lowest BCUT2D eigenvalue weighted by molar-refractivity contribution is 0.441. The van der Waals surface area contributed by atoms with Crippen LogP contribution >= 0.6 is 0 Å². The van der Waals surface area contributed by atoms with E-state index in [1.807, 2.05) is 0 Å². The van der Waals surface area contributed by atoms with Gasteiger partial charge in [0.1, 0.15) is 0 Å². The summed E-state index contributed by atoms with van der Waals surface area (Å²) in [7, 11) is 2.35. The molecule has 0 fully saturated rings. The number of hydrogen-bond acceptors (Lipinski definition) is 2. The summed E-state index contributed by atoms with van der Waals surface area (Å²) in [6.45, 7) is 5.20. The van der Waals surface area contributed by atoms with Gasteiger partial charge in [-0.2, -0.15) is 0 Å². The highest BCUT2D eigenvalue weighted by Gasteiger charge is 1.89. The van der Waals surface area contributed by atoms with Gasteiger partial charge in [-0.05, 0) is 19.4 Å². The lowest BCUT2D eigenvalue weighted by Crippen LogP contribution is -1.97. The van der Waals surface area contributed by atoms with Gasteiger partial charge < -0.3 is 4.43 Å². The molecule has 64 valence electrons. The van der Waals surface area contributed by atoms with E-state index in [4.69, 9.17) is 4.43 Å². The molecule has 0 aromatic rings. The molecule has 0 rings (SSSR count). The summed E-state index contributed by atoms with van der Waals surface area (Å²) in [4.78, 5) is 4.39. The molecule has 3 heteroatoms. The van der Waals surface area contributed by atoms with Gasteiger partial charge in [0, 0.05) is 19.4 Å². The Bertz CT molecular complexity index is 115. The van der Waals surface area contributed by atoms with Crippen LogP contribution in [0.25, 0.3) is 0 Å². The van der Waals surface area contributed by atoms with Crippen molar-refractivity contribution in [1.29, 1.82) is 0 Å². The van der Waals surface area contributed by atoms with Gasteiger partial charge in [0.2, 0.25) is 9.76 Å². The van der Waals surface area contributed by atoms with E-state index in [1.165, 1.54) is 12.1 Å². The molecule has 0 aromatic carbocycles. The Morgan fingerprint density at radius 1 is 1.55 bits per heavy atom. The summed E-state index contributed by atoms with van der Waals surface area (Å²) in [5.41, 5.74) is 1.27. The first-order valence-corrected chi connectivity index (χ1v) is 5.18. The maximum atomic E-state index is 4.94. The molecule has 0 saturated carbocycles. The number of hydrogen-bond donors (Lipinski definition) is 0. The Hall–Kier alpha value is -0.153. The first-order valence-electron chi connectivity index (χ1n) is 4.07. The molecule has 0 aromatic heterocycles. The Morgan fingerprint density at radius 2 is 2.27 bits per heavy atom. The van der Waals surface area contributed by atoms with Crippen LogP contribution in [-0.4, -0.2) is 29.1 Å². The van der Waals surface area contributed by atoms with Crippen molar-refractivity contribution < 1.29 is 4.43 Å². The van der Waals surface area contributed by atoms with Crippen LogP contribution in [0.2, 0.25) is 6.04 Å². The smallest absolute Gasteiger partial charge is 0.230 e. The van der Waals surface area contributed by atoms with Crippen LogP contribution in [-0.2, 0) is 4.43 Å². The van der Waals surface area contributed by atoms with Gasteiger partial charge in [-0.15, -0.1) is 0 Å². The van der Waals surface area contributed by atoms with Gasteiger partial charge in [-0.1, -0.05) is 13.3 Å². The Labute approximate surface area is 72.0 Å². The van der Waals surface area contributed by atoms with Crippen molar-refractivity contribution in [2.75, 3.05) is 13.7 Å². The van der Waals surface area contributed by atoms with Crippen LogP contribution in [0.1, 0.15) is 26.7 Å². The predicted octanol–water partition coefficient (Wildman–Crippen LogP) is 1.93. The molecule has 0 aliphatic heterocycles. The van der Waals surface area contributed by atoms with E-state index in [1.54, 1.807) is 7.11 Å². The largest absolute Gasteiger partial charge is 0.421 e. The van der Waals surface area contributed by atoms with Crippen molar-refractivity contribution >= 4 is 15.5 Å². The Kier molecular flexibility index (Phi) is 7.84. The minimum Gasteiger partial charge on any atom is -0.421 e. The van der Waals surface area contributed by atoms with E-state index in [9.17, 15) is 0 Å². The van der Waals surface area contributed by atoms with Gasteiger partial charge in [-0.3, -0.25) is 4.99 Å². The highest BCUT2D eigenvalue weighted by Crippen LogP contribution is 1.92. The van der Waals surface area contributed by atoms with E-state index in [0.717, 1.165) is 19.0 Å². The maximum Gasteiger partial charge on any atom is 0.230 e. The van der Waals surface area contributed by atoms with Crippen LogP contribution in [0.4, 0.5) is 0 Å². The molecule has 2 nitrogen and oxygen atoms in total. The van der Waals surface area contributed by atoms with Crippen molar-refractivity contribution in [3.05, 3.63) is 0 Å². The van der Waals surface area contributed by atoms with Gasteiger partial charge in [0.05, 0.1) is 0 Å². The average molecular weight is 171 g/mol. The third-order valence-electron chi connectivity index (χ3n) is 1.35. The summed E-state index contributed by atoms with van der Waals surface area (Å²) < 4.78 is 4.94. The summed E-state index contributed by atoms with van der Waals surface area (Å²) in [6.07, 6.45) is 2.33. The predicted molar refractivity (Wildman–Crippen MR) is 50.5 cm³/mol. The zero-order valence-corrected chi connectivity index (χ0v) is 8.68. The fraction of sp³-hybridized carbons (Fsp3) is 0.875. The minimum atomic E-state index is 0.609. The van der Waals surface area contributed by atoms with Crippen molar-refractivity contribution in [3.63, 3.8) is 0 Å². The molecule has 2 radical (unpaired) electrons. The quantitative estimate of drug-likeness (QED) is 0.340. The van der Waals surface area contributed by atoms with E-state index < -0.39 is 0 Å². The van der Waals surface area contributed by atoms with Gasteiger partial charge in [-0.25, -0.2) is 0 Å². The molecule has 0 N–H and O–H groups in total. The SMILES string of the molecule is CCCC(C)=NCC[Si]OC. The Morgan fingerprint density at radius 3 is 2.82 bits per heavy atom. The van der Waals surface area contributed by atoms with Crippen molar-refractivity contribution in [3.8, 4) is 0 Å². The van der Waals surface area contributed by atoms with Gasteiger partial charge >= 0.3 is 0 Å². The number of aliphatic imine (C=N–C) groups is 1. The molecule has 0 atom stereocenters. The van der Waals surface area contributed by atoms with Crippen LogP contribution in [0, 0.1) is 0 Å². The summed E-state index contributed by atoms with van der Waals surface area (Å²) >= 11 is 0. The topological polar surface area (TPSA) is 21.6 Å². The first kappa shape index (κ1) is 10.8. The van der Waals surface area contributed by atoms with Crippen LogP contribution in [0.3, 0.4) is 0 Å². The lowest BCUT2D eigenvalue weighted by Gasteiger charge is -1.96. The minimum absolute atomic E-state index is 0.609. The van der Waals surface area contributed by atoms with Gasteiger partial charge in [0.25, 0.3) is 0 Å². The fourth-order valence-corrected chi connectivity index (χ4v) is 1.24. The lowest BCUT2D eigenvalue weighted by atomic mass is 10.2. The molecule has 0 aliphatic carbocycles. The van der Waals surface area contributed by atoms with Crippen LogP contribution in [0.5, 0.6) is 0 Å². The average Bonchev–Trinajstić information content (AvgIpc) is 1.99. The number of rotatable bonds is 6. The third kappa shape index (κ3) is 7.75. The normalized spacial score (nSPS) is 12.1. The second kappa shape index (κ2) is 7.95. The zero-order valence-electron chi connectivity index (χ0n) is 7.68. The fourth-order valence-electron chi connectivity index (χ4n) is 0.835. The molecule has 0 heterocycles. The molecule has 0 aliphatic rings. The first-order chi connectivity index (χ1) is 5.31. The van der Waals surface area contributed by atoms with Gasteiger partial charge in [0.15, 0.2) is 0 Å². The second-order valence-corrected chi connectivity index (χ2v) is 3.66. The molecule has 0 bridgehead atoms. The molecule has 0 spiro atoms. The molecule has 0 saturated heterocycles. The zero-order chi connectivity index (χ0) is 8.53. The number of nitrogens with zero attached hydrogens (tertiary/aromatic N) is 1. The monoisotopic (exact) mass is 171 g/mol. The molecule has 11 heavy (non-hydrogen) atoms. The van der Waals surface area contributed by atoms with E-state index >= 15 is 0 Å². The summed E-state index contributed by atoms with van der Waals surface area (Å²) in [5.74, 6) is 0. The van der Waals surface area contributed by atoms with Crippen molar-refractivity contribution in [2.24, 2.45) is 4.99 Å². The molecular formula is C8H17NOSi. The van der Waals surface area contributed by atoms with E-state index in [0.29, 0.717) is 9.76 Å². The highest BCUT2D eigenvalue weighted by atomic mass is 28.2. The standard InChI is InChI=1S/C8H17NOSi/c1-4-5-8(2)9-6-7-11-10-3/h4-7H2,1-3H3. The molecule has 0 amide bonds. The summed E-state index contributed by atoms with van der Waals surface area (Å²) in [5, 5.41) is 0. The van der Waals surface area contributed by atoms with Crippen molar-refractivity contribution in [1.82, 2.24) is 0 Å². The molecule has 0 unspecified atom stereocenters. The van der Waals surface area contributed by atoms with Crippen molar-refractivity contribution in [2.45, 2.75) is 32.7 Å². The second-order valence-electron chi connectivity index (χ2n) is 2.47. The Balaban J connectivity index is 3.24.